The van der Waals surface area contributed by atoms with E-state index in [0.29, 0.717) is 24.3 Å². The number of nitrogens with one attached hydrogen (secondary N) is 1. The number of halogens is 1. The molecule has 0 bridgehead atoms. The molecule has 0 aromatic heterocycles. The smallest absolute Gasteiger partial charge is 0.228 e. The van der Waals surface area contributed by atoms with Crippen LogP contribution in [0.4, 0.5) is 0 Å². The number of unbranched alkanes of at least 4 members (excludes halogenated alkanes) is 1. The maximum absolute atomic E-state index is 15.4. The summed E-state index contributed by atoms with van der Waals surface area (Å²) in [6.07, 6.45) is 18.4. The van der Waals surface area contributed by atoms with Crippen molar-refractivity contribution in [3.05, 3.63) is 35.4 Å². The van der Waals surface area contributed by atoms with Crippen molar-refractivity contribution >= 4 is 29.1 Å². The van der Waals surface area contributed by atoms with Crippen molar-refractivity contribution < 1.29 is 14.4 Å². The molecule has 3 fully saturated rings. The lowest BCUT2D eigenvalue weighted by Gasteiger charge is -2.58. The van der Waals surface area contributed by atoms with E-state index in [9.17, 15) is 9.59 Å². The van der Waals surface area contributed by atoms with E-state index in [1.807, 2.05) is 24.3 Å². The van der Waals surface area contributed by atoms with Gasteiger partial charge in [-0.3, -0.25) is 14.4 Å². The number of alkyl halides is 1. The molecule has 1 heterocycles. The van der Waals surface area contributed by atoms with Gasteiger partial charge in [0.15, 0.2) is 11.6 Å². The third-order valence-electron chi connectivity index (χ3n) is 11.7. The number of likely N-dealkylation sites (tertiary alicyclic amines) is 1. The Morgan fingerprint density at radius 1 is 0.822 bits per heavy atom. The average molecular weight is 641 g/mol. The molecule has 0 spiro atoms. The fourth-order valence-electron chi connectivity index (χ4n) is 9.01. The second-order valence-corrected chi connectivity index (χ2v) is 14.7. The predicted molar refractivity (Wildman–Crippen MR) is 186 cm³/mol. The highest BCUT2D eigenvalue weighted by Gasteiger charge is 2.59. The van der Waals surface area contributed by atoms with Crippen LogP contribution in [0.25, 0.3) is 0 Å². The van der Waals surface area contributed by atoms with Gasteiger partial charge in [0, 0.05) is 29.4 Å². The van der Waals surface area contributed by atoms with E-state index in [0.717, 1.165) is 102 Å². The van der Waals surface area contributed by atoms with Crippen LogP contribution in [-0.2, 0) is 15.5 Å². The topological polar surface area (TPSA) is 66.5 Å². The van der Waals surface area contributed by atoms with Gasteiger partial charge < -0.3 is 10.2 Å². The molecule has 3 aliphatic rings. The zero-order chi connectivity index (χ0) is 32.5. The highest BCUT2D eigenvalue weighted by atomic mass is 35.5. The number of hydrogen-bond donors (Lipinski definition) is 1. The van der Waals surface area contributed by atoms with Crippen LogP contribution in [0.1, 0.15) is 166 Å². The molecular weight excluding hydrogens is 580 g/mol. The second-order valence-electron chi connectivity index (χ2n) is 14.4. The Hall–Kier alpha value is -1.72. The first-order chi connectivity index (χ1) is 21.8. The Bertz CT molecular complexity index is 1120. The summed E-state index contributed by atoms with van der Waals surface area (Å²) < 4.78 is 0. The van der Waals surface area contributed by atoms with E-state index in [2.05, 4.69) is 37.9 Å². The molecule has 1 amide bonds. The third-order valence-corrected chi connectivity index (χ3v) is 12.0. The Morgan fingerprint density at radius 2 is 1.47 bits per heavy atom. The van der Waals surface area contributed by atoms with Crippen LogP contribution in [0, 0.1) is 11.8 Å². The van der Waals surface area contributed by atoms with Gasteiger partial charge in [-0.25, -0.2) is 0 Å². The van der Waals surface area contributed by atoms with Crippen molar-refractivity contribution in [1.82, 2.24) is 10.2 Å². The molecule has 1 N–H and O–H groups in total. The van der Waals surface area contributed by atoms with Crippen LogP contribution in [-0.4, -0.2) is 45.5 Å². The molecule has 45 heavy (non-hydrogen) atoms. The number of ketones is 2. The normalized spacial score (nSPS) is 27.0. The first-order valence-electron chi connectivity index (χ1n) is 18.7. The minimum absolute atomic E-state index is 0.0903. The van der Waals surface area contributed by atoms with Gasteiger partial charge in [0.2, 0.25) is 5.91 Å². The molecule has 0 radical (unpaired) electrons. The summed E-state index contributed by atoms with van der Waals surface area (Å²) >= 11 is 6.05. The summed E-state index contributed by atoms with van der Waals surface area (Å²) in [6.45, 7) is 8.58. The van der Waals surface area contributed by atoms with Crippen molar-refractivity contribution in [2.75, 3.05) is 0 Å². The van der Waals surface area contributed by atoms with Gasteiger partial charge in [-0.2, -0.15) is 0 Å². The fraction of sp³-hybridized carbons (Fsp3) is 0.769. The number of nitrogens with zero attached hydrogens (tertiary/aromatic N) is 1. The van der Waals surface area contributed by atoms with Crippen molar-refractivity contribution in [3.63, 3.8) is 0 Å². The molecule has 1 aliphatic heterocycles. The first kappa shape index (κ1) is 36.1. The van der Waals surface area contributed by atoms with Crippen molar-refractivity contribution in [2.45, 2.75) is 179 Å². The van der Waals surface area contributed by atoms with E-state index in [4.69, 9.17) is 11.6 Å². The van der Waals surface area contributed by atoms with Gasteiger partial charge in [0.1, 0.15) is 5.54 Å². The lowest BCUT2D eigenvalue weighted by Crippen LogP contribution is -2.73. The van der Waals surface area contributed by atoms with Gasteiger partial charge in [0.05, 0.1) is 11.5 Å². The summed E-state index contributed by atoms with van der Waals surface area (Å²) in [7, 11) is 0. The van der Waals surface area contributed by atoms with Crippen LogP contribution >= 0.6 is 11.6 Å². The van der Waals surface area contributed by atoms with Crippen LogP contribution in [0.2, 0.25) is 0 Å². The van der Waals surface area contributed by atoms with E-state index in [1.54, 1.807) is 0 Å². The van der Waals surface area contributed by atoms with Gasteiger partial charge >= 0.3 is 0 Å². The maximum Gasteiger partial charge on any atom is 0.228 e. The summed E-state index contributed by atoms with van der Waals surface area (Å²) in [6, 6.07) is 7.83. The number of carbonyl (C=O) groups excluding carboxylic acids is 3. The Labute approximate surface area is 279 Å². The van der Waals surface area contributed by atoms with Crippen LogP contribution in [0.15, 0.2) is 24.3 Å². The summed E-state index contributed by atoms with van der Waals surface area (Å²) in [5.41, 5.74) is 0.208. The lowest BCUT2D eigenvalue weighted by molar-refractivity contribution is -0.179. The average Bonchev–Trinajstić information content (AvgIpc) is 3.04. The van der Waals surface area contributed by atoms with E-state index < -0.39 is 11.1 Å². The summed E-state index contributed by atoms with van der Waals surface area (Å²) in [5.74, 6) is 0.920. The van der Waals surface area contributed by atoms with Crippen molar-refractivity contribution in [2.24, 2.45) is 11.8 Å². The summed E-state index contributed by atoms with van der Waals surface area (Å²) in [4.78, 5) is 45.8. The Balaban J connectivity index is 1.71. The van der Waals surface area contributed by atoms with E-state index in [1.165, 1.54) is 12.8 Å². The fourth-order valence-corrected chi connectivity index (χ4v) is 9.19. The van der Waals surface area contributed by atoms with Crippen molar-refractivity contribution in [3.8, 4) is 0 Å². The molecule has 252 valence electrons. The van der Waals surface area contributed by atoms with E-state index in [-0.39, 0.29) is 41.4 Å². The summed E-state index contributed by atoms with van der Waals surface area (Å²) in [5, 5.41) is 3.96. The largest absolute Gasteiger partial charge is 0.326 e. The highest BCUT2D eigenvalue weighted by Crippen LogP contribution is 2.46. The molecule has 6 atom stereocenters. The molecule has 1 aromatic carbocycles. The van der Waals surface area contributed by atoms with Crippen LogP contribution in [0.3, 0.4) is 0 Å². The molecule has 2 unspecified atom stereocenters. The monoisotopic (exact) mass is 640 g/mol. The van der Waals surface area contributed by atoms with Gasteiger partial charge in [0.25, 0.3) is 0 Å². The highest BCUT2D eigenvalue weighted by molar-refractivity contribution is 6.17. The number of β-lactam (4-membered cyclic amide) rings is 1. The van der Waals surface area contributed by atoms with E-state index >= 15 is 4.79 Å². The molecule has 6 heteroatoms. The number of fused-ring (bicyclic) bond motifs is 1. The van der Waals surface area contributed by atoms with Gasteiger partial charge in [-0.05, 0) is 56.9 Å². The van der Waals surface area contributed by atoms with Crippen LogP contribution in [0.5, 0.6) is 0 Å². The molecule has 2 saturated carbocycles. The molecule has 1 saturated heterocycles. The second kappa shape index (κ2) is 16.9. The zero-order valence-corrected chi connectivity index (χ0v) is 29.6. The predicted octanol–water partition coefficient (Wildman–Crippen LogP) is 9.57. The zero-order valence-electron chi connectivity index (χ0n) is 28.8. The third kappa shape index (κ3) is 7.72. The number of carbonyl (C=O) groups is 3. The number of amides is 1. The molecular formula is C39H61ClN2O3. The SMILES string of the molecule is CCCCC(CC)(C(=O)[C@@H]1CCCCCC[C@@H]1NC(CC)(CCC)C(=O)c1ccc(CCl)cc1)N1C(=O)[C@@H]2CCCCCC[C@@H]21. The quantitative estimate of drug-likeness (QED) is 0.118. The standard InChI is InChI=1S/C39H61ClN2O3/c1-5-9-27-39(8-4,42-34-21-17-13-11-15-19-32(34)37(42)45)36(44)31-18-14-10-12-16-20-33(31)41-38(7-3,26-6-2)35(43)30-24-22-29(28-40)23-25-30/h22-25,31-34,41H,5-21,26-28H2,1-4H3/t31-,32-,33+,34+,38?,39?/m1/s1. The minimum atomic E-state index is -0.752. The molecule has 4 rings (SSSR count). The Morgan fingerprint density at radius 3 is 2.07 bits per heavy atom. The number of Topliss-reactive ketones (excluding diaryl/α,β-unsaturated/α-hetero) is 2. The molecule has 2 aliphatic carbocycles. The number of rotatable bonds is 15. The first-order valence-corrected chi connectivity index (χ1v) is 19.2. The van der Waals surface area contributed by atoms with Gasteiger partial charge in [-0.1, -0.05) is 123 Å². The maximum atomic E-state index is 15.4. The van der Waals surface area contributed by atoms with Crippen molar-refractivity contribution in [1.29, 1.82) is 0 Å². The molecule has 1 aromatic rings. The van der Waals surface area contributed by atoms with Gasteiger partial charge in [-0.15, -0.1) is 11.6 Å². The van der Waals surface area contributed by atoms with Crippen LogP contribution < -0.4 is 5.32 Å². The lowest BCUT2D eigenvalue weighted by atomic mass is 9.67. The molecule has 5 nitrogen and oxygen atoms in total. The minimum Gasteiger partial charge on any atom is -0.326 e. The number of hydrogen-bond acceptors (Lipinski definition) is 4. The number of benzene rings is 1. The Kier molecular flexibility index (Phi) is 13.6.